The molecule has 0 amide bonds. The Morgan fingerprint density at radius 3 is 2.61 bits per heavy atom. The number of nitro benzene ring substituents is 1. The molecule has 3 rings (SSSR count). The zero-order valence-electron chi connectivity index (χ0n) is 12.5. The highest BCUT2D eigenvalue weighted by molar-refractivity contribution is 5.98. The lowest BCUT2D eigenvalue weighted by molar-refractivity contribution is -0.384. The number of rotatable bonds is 4. The van der Waals surface area contributed by atoms with Gasteiger partial charge in [0, 0.05) is 36.3 Å². The largest absolute Gasteiger partial charge is 0.269 e. The average molecular weight is 306 g/mol. The van der Waals surface area contributed by atoms with Crippen LogP contribution in [0.4, 0.5) is 11.4 Å². The summed E-state index contributed by atoms with van der Waals surface area (Å²) in [6.07, 6.45) is 3.50. The fraction of sp³-hybridized carbons (Fsp3) is 0.0588. The third-order valence-corrected chi connectivity index (χ3v) is 3.49. The number of anilines is 1. The van der Waals surface area contributed by atoms with Gasteiger partial charge in [0.05, 0.1) is 22.3 Å². The maximum Gasteiger partial charge on any atom is 0.269 e. The zero-order valence-corrected chi connectivity index (χ0v) is 12.5. The quantitative estimate of drug-likeness (QED) is 0.419. The van der Waals surface area contributed by atoms with Gasteiger partial charge in [0.25, 0.3) is 5.69 Å². The normalized spacial score (nSPS) is 11.0. The first-order valence-corrected chi connectivity index (χ1v) is 7.01. The van der Waals surface area contributed by atoms with Crippen molar-refractivity contribution in [1.82, 2.24) is 4.98 Å². The van der Waals surface area contributed by atoms with E-state index in [1.807, 2.05) is 30.3 Å². The topological polar surface area (TPSA) is 71.6 Å². The van der Waals surface area contributed by atoms with Gasteiger partial charge in [0.15, 0.2) is 0 Å². The summed E-state index contributed by atoms with van der Waals surface area (Å²) in [4.78, 5) is 14.6. The van der Waals surface area contributed by atoms with Gasteiger partial charge in [-0.15, -0.1) is 0 Å². The Hall–Kier alpha value is -3.28. The molecule has 1 aromatic heterocycles. The molecular formula is C17H14N4O2. The molecule has 2 aromatic carbocycles. The number of nitro groups is 1. The van der Waals surface area contributed by atoms with Crippen molar-refractivity contribution in [3.8, 4) is 0 Å². The number of benzene rings is 2. The van der Waals surface area contributed by atoms with Crippen LogP contribution in [0.5, 0.6) is 0 Å². The molecule has 0 saturated heterocycles. The van der Waals surface area contributed by atoms with E-state index in [-0.39, 0.29) is 5.69 Å². The highest BCUT2D eigenvalue weighted by Gasteiger charge is 2.06. The molecule has 0 unspecified atom stereocenters. The van der Waals surface area contributed by atoms with E-state index in [1.165, 1.54) is 12.1 Å². The summed E-state index contributed by atoms with van der Waals surface area (Å²) in [7, 11) is 1.79. The Balaban J connectivity index is 1.85. The smallest absolute Gasteiger partial charge is 0.269 e. The summed E-state index contributed by atoms with van der Waals surface area (Å²) >= 11 is 0. The molecule has 1 heterocycles. The molecule has 0 bridgehead atoms. The van der Waals surface area contributed by atoms with E-state index in [0.717, 1.165) is 22.2 Å². The van der Waals surface area contributed by atoms with Crippen molar-refractivity contribution in [2.45, 2.75) is 0 Å². The van der Waals surface area contributed by atoms with Crippen molar-refractivity contribution in [3.05, 3.63) is 76.5 Å². The van der Waals surface area contributed by atoms with Crippen LogP contribution in [0.3, 0.4) is 0 Å². The van der Waals surface area contributed by atoms with Gasteiger partial charge in [-0.25, -0.2) is 0 Å². The second-order valence-corrected chi connectivity index (χ2v) is 4.96. The molecule has 0 aliphatic heterocycles. The average Bonchev–Trinajstić information content (AvgIpc) is 2.59. The van der Waals surface area contributed by atoms with Gasteiger partial charge >= 0.3 is 0 Å². The van der Waals surface area contributed by atoms with Gasteiger partial charge < -0.3 is 0 Å². The highest BCUT2D eigenvalue weighted by atomic mass is 16.6. The van der Waals surface area contributed by atoms with Gasteiger partial charge in [-0.2, -0.15) is 5.10 Å². The predicted molar refractivity (Wildman–Crippen MR) is 90.8 cm³/mol. The molecule has 114 valence electrons. The number of non-ortho nitro benzene ring substituents is 1. The van der Waals surface area contributed by atoms with Crippen LogP contribution in [-0.4, -0.2) is 23.2 Å². The summed E-state index contributed by atoms with van der Waals surface area (Å²) in [6.45, 7) is 0. The Bertz CT molecular complexity index is 870. The SMILES string of the molecule is CN(/N=C\c1ccnc2ccccc12)c1ccc([N+](=O)[O-])cc1. The van der Waals surface area contributed by atoms with Crippen LogP contribution in [0.15, 0.2) is 65.9 Å². The molecule has 0 N–H and O–H groups in total. The zero-order chi connectivity index (χ0) is 16.2. The van der Waals surface area contributed by atoms with Crippen LogP contribution in [0.25, 0.3) is 10.9 Å². The van der Waals surface area contributed by atoms with Gasteiger partial charge in [0.2, 0.25) is 0 Å². The van der Waals surface area contributed by atoms with E-state index in [0.29, 0.717) is 0 Å². The molecule has 0 atom stereocenters. The maximum absolute atomic E-state index is 10.7. The van der Waals surface area contributed by atoms with Crippen molar-refractivity contribution in [1.29, 1.82) is 0 Å². The molecule has 0 fully saturated rings. The summed E-state index contributed by atoms with van der Waals surface area (Å²) in [5.41, 5.74) is 2.70. The van der Waals surface area contributed by atoms with E-state index in [4.69, 9.17) is 0 Å². The molecule has 23 heavy (non-hydrogen) atoms. The lowest BCUT2D eigenvalue weighted by Gasteiger charge is -2.12. The molecule has 0 radical (unpaired) electrons. The minimum absolute atomic E-state index is 0.0613. The number of hydrogen-bond donors (Lipinski definition) is 0. The Morgan fingerprint density at radius 1 is 1.13 bits per heavy atom. The Morgan fingerprint density at radius 2 is 1.87 bits per heavy atom. The minimum atomic E-state index is -0.420. The number of fused-ring (bicyclic) bond motifs is 1. The van der Waals surface area contributed by atoms with Gasteiger partial charge in [-0.1, -0.05) is 18.2 Å². The molecule has 0 spiro atoms. The fourth-order valence-electron chi connectivity index (χ4n) is 2.24. The molecule has 6 nitrogen and oxygen atoms in total. The van der Waals surface area contributed by atoms with E-state index in [9.17, 15) is 10.1 Å². The number of hydrogen-bond acceptors (Lipinski definition) is 5. The second-order valence-electron chi connectivity index (χ2n) is 4.96. The number of pyridine rings is 1. The highest BCUT2D eigenvalue weighted by Crippen LogP contribution is 2.19. The first kappa shape index (κ1) is 14.6. The molecule has 0 saturated carbocycles. The number of hydrazone groups is 1. The number of nitrogens with zero attached hydrogens (tertiary/aromatic N) is 4. The predicted octanol–water partition coefficient (Wildman–Crippen LogP) is 3.61. The Labute approximate surface area is 132 Å². The van der Waals surface area contributed by atoms with E-state index in [2.05, 4.69) is 10.1 Å². The standard InChI is InChI=1S/C17H14N4O2/c1-20(14-6-8-15(9-7-14)21(22)23)19-12-13-10-11-18-17-5-3-2-4-16(13)17/h2-12H,1H3/b19-12-. The molecule has 6 heteroatoms. The van der Waals surface area contributed by atoms with E-state index in [1.54, 1.807) is 36.6 Å². The van der Waals surface area contributed by atoms with Crippen molar-refractivity contribution >= 4 is 28.5 Å². The van der Waals surface area contributed by atoms with E-state index < -0.39 is 4.92 Å². The first-order valence-electron chi connectivity index (χ1n) is 7.01. The summed E-state index contributed by atoms with van der Waals surface area (Å²) in [5, 5.41) is 17.8. The van der Waals surface area contributed by atoms with Crippen molar-refractivity contribution in [3.63, 3.8) is 0 Å². The molecule has 0 aliphatic carbocycles. The Kier molecular flexibility index (Phi) is 3.97. The van der Waals surface area contributed by atoms with Crippen molar-refractivity contribution in [2.24, 2.45) is 5.10 Å². The van der Waals surface area contributed by atoms with Crippen LogP contribution in [0, 0.1) is 10.1 Å². The van der Waals surface area contributed by atoms with Crippen LogP contribution in [-0.2, 0) is 0 Å². The third-order valence-electron chi connectivity index (χ3n) is 3.49. The molecule has 0 aliphatic rings. The number of para-hydroxylation sites is 1. The molecular weight excluding hydrogens is 292 g/mol. The van der Waals surface area contributed by atoms with E-state index >= 15 is 0 Å². The third kappa shape index (κ3) is 3.16. The van der Waals surface area contributed by atoms with Crippen LogP contribution in [0.1, 0.15) is 5.56 Å². The van der Waals surface area contributed by atoms with Gasteiger partial charge in [0.1, 0.15) is 0 Å². The monoisotopic (exact) mass is 306 g/mol. The lowest BCUT2D eigenvalue weighted by Crippen LogP contribution is -2.08. The first-order chi connectivity index (χ1) is 11.1. The maximum atomic E-state index is 10.7. The van der Waals surface area contributed by atoms with Crippen molar-refractivity contribution < 1.29 is 4.92 Å². The summed E-state index contributed by atoms with van der Waals surface area (Å²) in [5.74, 6) is 0. The van der Waals surface area contributed by atoms with Gasteiger partial charge in [-0.05, 0) is 24.3 Å². The second kappa shape index (κ2) is 6.23. The van der Waals surface area contributed by atoms with Crippen LogP contribution >= 0.6 is 0 Å². The summed E-state index contributed by atoms with van der Waals surface area (Å²) < 4.78 is 0. The fourth-order valence-corrected chi connectivity index (χ4v) is 2.24. The number of aromatic nitrogens is 1. The molecule has 3 aromatic rings. The van der Waals surface area contributed by atoms with Crippen molar-refractivity contribution in [2.75, 3.05) is 12.1 Å². The summed E-state index contributed by atoms with van der Waals surface area (Å²) in [6, 6.07) is 16.0. The lowest BCUT2D eigenvalue weighted by atomic mass is 10.1. The van der Waals surface area contributed by atoms with Crippen LogP contribution in [0.2, 0.25) is 0 Å². The minimum Gasteiger partial charge on any atom is -0.269 e. The van der Waals surface area contributed by atoms with Gasteiger partial charge in [-0.3, -0.25) is 20.1 Å². The van der Waals surface area contributed by atoms with Crippen LogP contribution < -0.4 is 5.01 Å².